The largest absolute Gasteiger partial charge is 0.457 e. The van der Waals surface area contributed by atoms with Gasteiger partial charge in [-0.3, -0.25) is 24.9 Å². The molecule has 0 aliphatic heterocycles. The van der Waals surface area contributed by atoms with Crippen molar-refractivity contribution in [2.45, 2.75) is 32.6 Å². The van der Waals surface area contributed by atoms with Crippen molar-refractivity contribution < 1.29 is 23.5 Å². The van der Waals surface area contributed by atoms with Crippen LogP contribution < -0.4 is 26.0 Å². The molecule has 0 spiro atoms. The van der Waals surface area contributed by atoms with E-state index in [1.54, 1.807) is 30.1 Å². The van der Waals surface area contributed by atoms with Gasteiger partial charge in [0.1, 0.15) is 28.8 Å². The van der Waals surface area contributed by atoms with E-state index in [-0.39, 0.29) is 40.8 Å². The highest BCUT2D eigenvalue weighted by Gasteiger charge is 2.22. The molecule has 0 aliphatic rings. The van der Waals surface area contributed by atoms with E-state index in [0.717, 1.165) is 17.0 Å². The van der Waals surface area contributed by atoms with Gasteiger partial charge >= 0.3 is 6.03 Å². The smallest absolute Gasteiger partial charge is 0.324 e. The molecule has 3 aromatic heterocycles. The van der Waals surface area contributed by atoms with Crippen LogP contribution in [0.2, 0.25) is 0 Å². The van der Waals surface area contributed by atoms with Crippen molar-refractivity contribution in [1.29, 1.82) is 0 Å². The second-order valence-electron chi connectivity index (χ2n) is 11.4. The van der Waals surface area contributed by atoms with Gasteiger partial charge in [0.15, 0.2) is 0 Å². The number of rotatable bonds is 8. The highest BCUT2D eigenvalue weighted by Crippen LogP contribution is 2.30. The molecule has 236 valence electrons. The first-order valence-electron chi connectivity index (χ1n) is 14.4. The van der Waals surface area contributed by atoms with Crippen molar-refractivity contribution in [2.24, 2.45) is 0 Å². The van der Waals surface area contributed by atoms with Gasteiger partial charge in [0.05, 0.1) is 29.0 Å². The Morgan fingerprint density at radius 1 is 0.870 bits per heavy atom. The fourth-order valence-corrected chi connectivity index (χ4v) is 4.57. The molecule has 4 amide bonds. The minimum atomic E-state index is -0.734. The lowest BCUT2D eigenvalue weighted by Crippen LogP contribution is -2.22. The molecule has 5 rings (SSSR count). The van der Waals surface area contributed by atoms with E-state index in [9.17, 15) is 14.4 Å². The van der Waals surface area contributed by atoms with Crippen molar-refractivity contribution in [3.05, 3.63) is 95.8 Å². The molecule has 0 saturated carbocycles. The Morgan fingerprint density at radius 2 is 1.63 bits per heavy atom. The van der Waals surface area contributed by atoms with Gasteiger partial charge in [0.25, 0.3) is 5.91 Å². The standard InChI is InChI=1S/C33H33FN8O4/c1-33(2,3)28-18-29(42(41-28)20-6-8-25-23(15-20)19(10-12-37-25)14-30(43)35-4)40-32(45)39-26-9-7-21(16-24(26)34)46-22-11-13-38-27(17-22)31(44)36-5/h6-13,15-18H,14H2,1-5H3,(H,35,43)(H,36,44)(H2,39,40,45). The fourth-order valence-electron chi connectivity index (χ4n) is 4.57. The van der Waals surface area contributed by atoms with Crippen molar-refractivity contribution in [2.75, 3.05) is 24.7 Å². The fraction of sp³-hybridized carbons (Fsp3) is 0.212. The number of halogens is 1. The molecule has 5 aromatic rings. The molecule has 0 atom stereocenters. The minimum absolute atomic E-state index is 0.0802. The average molecular weight is 625 g/mol. The molecule has 2 aromatic carbocycles. The first kappa shape index (κ1) is 31.6. The lowest BCUT2D eigenvalue weighted by molar-refractivity contribution is -0.119. The molecule has 0 fully saturated rings. The van der Waals surface area contributed by atoms with Gasteiger partial charge in [-0.05, 0) is 48.0 Å². The number of anilines is 2. The van der Waals surface area contributed by atoms with Crippen molar-refractivity contribution in [3.8, 4) is 17.2 Å². The number of aromatic nitrogens is 4. The summed E-state index contributed by atoms with van der Waals surface area (Å²) in [6.45, 7) is 6.00. The molecule has 0 bridgehead atoms. The minimum Gasteiger partial charge on any atom is -0.457 e. The summed E-state index contributed by atoms with van der Waals surface area (Å²) in [6.07, 6.45) is 3.24. The molecule has 0 aliphatic carbocycles. The highest BCUT2D eigenvalue weighted by atomic mass is 19.1. The number of carbonyl (C=O) groups excluding carboxylic acids is 3. The van der Waals surface area contributed by atoms with Crippen LogP contribution in [0.25, 0.3) is 16.6 Å². The van der Waals surface area contributed by atoms with Gasteiger partial charge in [0, 0.05) is 55.5 Å². The maximum Gasteiger partial charge on any atom is 0.324 e. The molecule has 0 saturated heterocycles. The molecule has 12 nitrogen and oxygen atoms in total. The zero-order valence-electron chi connectivity index (χ0n) is 25.9. The highest BCUT2D eigenvalue weighted by molar-refractivity contribution is 5.99. The van der Waals surface area contributed by atoms with Crippen LogP contribution in [0.15, 0.2) is 73.1 Å². The van der Waals surface area contributed by atoms with Gasteiger partial charge in [-0.2, -0.15) is 5.10 Å². The Kier molecular flexibility index (Phi) is 8.94. The van der Waals surface area contributed by atoms with E-state index in [1.165, 1.54) is 37.5 Å². The van der Waals surface area contributed by atoms with Crippen molar-refractivity contribution in [1.82, 2.24) is 30.4 Å². The zero-order valence-corrected chi connectivity index (χ0v) is 25.9. The monoisotopic (exact) mass is 624 g/mol. The normalized spacial score (nSPS) is 11.2. The summed E-state index contributed by atoms with van der Waals surface area (Å²) in [5, 5.41) is 16.0. The third-order valence-electron chi connectivity index (χ3n) is 7.02. The Labute approximate surface area is 264 Å². The van der Waals surface area contributed by atoms with E-state index in [4.69, 9.17) is 9.84 Å². The number of hydrogen-bond acceptors (Lipinski definition) is 7. The van der Waals surface area contributed by atoms with Crippen LogP contribution >= 0.6 is 0 Å². The number of fused-ring (bicyclic) bond motifs is 1. The summed E-state index contributed by atoms with van der Waals surface area (Å²) in [7, 11) is 3.07. The van der Waals surface area contributed by atoms with Crippen LogP contribution in [0, 0.1) is 5.82 Å². The average Bonchev–Trinajstić information content (AvgIpc) is 3.46. The Morgan fingerprint density at radius 3 is 2.35 bits per heavy atom. The molecule has 0 radical (unpaired) electrons. The second-order valence-corrected chi connectivity index (χ2v) is 11.4. The van der Waals surface area contributed by atoms with Crippen LogP contribution in [0.5, 0.6) is 11.5 Å². The predicted octanol–water partition coefficient (Wildman–Crippen LogP) is 5.34. The summed E-state index contributed by atoms with van der Waals surface area (Å²) < 4.78 is 22.3. The number of pyridine rings is 2. The number of urea groups is 1. The van der Waals surface area contributed by atoms with Crippen molar-refractivity contribution >= 4 is 40.3 Å². The molecule has 0 unspecified atom stereocenters. The van der Waals surface area contributed by atoms with Crippen LogP contribution in [0.1, 0.15) is 42.5 Å². The Bertz CT molecular complexity index is 1950. The van der Waals surface area contributed by atoms with Crippen LogP contribution in [0.4, 0.5) is 20.7 Å². The predicted molar refractivity (Wildman–Crippen MR) is 172 cm³/mol. The topological polar surface area (TPSA) is 152 Å². The van der Waals surface area contributed by atoms with Gasteiger partial charge in [-0.1, -0.05) is 20.8 Å². The number of carbonyl (C=O) groups is 3. The number of hydrogen-bond donors (Lipinski definition) is 4. The summed E-state index contributed by atoms with van der Waals surface area (Å²) in [5.41, 5.74) is 2.56. The van der Waals surface area contributed by atoms with E-state index < -0.39 is 11.8 Å². The van der Waals surface area contributed by atoms with Gasteiger partial charge in [-0.25, -0.2) is 13.9 Å². The Hall–Kier alpha value is -5.85. The summed E-state index contributed by atoms with van der Waals surface area (Å²) in [4.78, 5) is 45.5. The maximum absolute atomic E-state index is 15.1. The first-order chi connectivity index (χ1) is 21.9. The molecule has 3 heterocycles. The number of amides is 4. The molecular weight excluding hydrogens is 591 g/mol. The number of benzene rings is 2. The van der Waals surface area contributed by atoms with Gasteiger partial charge < -0.3 is 20.7 Å². The first-order valence-corrected chi connectivity index (χ1v) is 14.4. The summed E-state index contributed by atoms with van der Waals surface area (Å²) in [5.74, 6) is -0.454. The van der Waals surface area contributed by atoms with E-state index in [2.05, 4.69) is 31.2 Å². The molecular formula is C33H33FN8O4. The SMILES string of the molecule is CNC(=O)Cc1ccnc2ccc(-n3nc(C(C)(C)C)cc3NC(=O)Nc3ccc(Oc4ccnc(C(=O)NC)c4)cc3F)cc12. The van der Waals surface area contributed by atoms with E-state index in [0.29, 0.717) is 28.5 Å². The van der Waals surface area contributed by atoms with Gasteiger partial charge in [-0.15, -0.1) is 0 Å². The summed E-state index contributed by atoms with van der Waals surface area (Å²) in [6, 6.07) is 15.3. The number of nitrogens with zero attached hydrogens (tertiary/aromatic N) is 4. The maximum atomic E-state index is 15.1. The lowest BCUT2D eigenvalue weighted by Gasteiger charge is -2.14. The number of likely N-dealkylation sites (N-methyl/N-ethyl adjacent to an activating group) is 1. The summed E-state index contributed by atoms with van der Waals surface area (Å²) >= 11 is 0. The van der Waals surface area contributed by atoms with Crippen molar-refractivity contribution in [3.63, 3.8) is 0 Å². The van der Waals surface area contributed by atoms with Crippen LogP contribution in [-0.2, 0) is 16.6 Å². The number of ether oxygens (including phenoxy) is 1. The van der Waals surface area contributed by atoms with Crippen LogP contribution in [-0.4, -0.2) is 51.7 Å². The van der Waals surface area contributed by atoms with Gasteiger partial charge in [0.2, 0.25) is 5.91 Å². The zero-order chi connectivity index (χ0) is 33.0. The second kappa shape index (κ2) is 13.0. The van der Waals surface area contributed by atoms with E-state index >= 15 is 4.39 Å². The third-order valence-corrected chi connectivity index (χ3v) is 7.02. The van der Waals surface area contributed by atoms with E-state index in [1.807, 2.05) is 39.0 Å². The number of nitrogens with one attached hydrogen (secondary N) is 4. The lowest BCUT2D eigenvalue weighted by atomic mass is 9.92. The Balaban J connectivity index is 1.38. The molecule has 4 N–H and O–H groups in total. The van der Waals surface area contributed by atoms with Crippen LogP contribution in [0.3, 0.4) is 0 Å². The third kappa shape index (κ3) is 7.09. The quantitative estimate of drug-likeness (QED) is 0.182. The molecule has 46 heavy (non-hydrogen) atoms. The molecule has 13 heteroatoms.